The van der Waals surface area contributed by atoms with Crippen LogP contribution in [0.2, 0.25) is 0 Å². The fourth-order valence-corrected chi connectivity index (χ4v) is 3.52. The molecule has 2 nitrogen and oxygen atoms in total. The van der Waals surface area contributed by atoms with Crippen molar-refractivity contribution in [1.29, 1.82) is 0 Å². The van der Waals surface area contributed by atoms with Crippen LogP contribution in [0, 0.1) is 0 Å². The number of anilines is 1. The van der Waals surface area contributed by atoms with Gasteiger partial charge in [-0.05, 0) is 42.9 Å². The van der Waals surface area contributed by atoms with Gasteiger partial charge in [-0.3, -0.25) is 0 Å². The molecule has 2 aromatic rings. The molecule has 0 spiro atoms. The molecule has 1 heterocycles. The summed E-state index contributed by atoms with van der Waals surface area (Å²) >= 11 is 0. The molecule has 2 heteroatoms. The maximum Gasteiger partial charge on any atom is 0.142 e. The number of para-hydroxylation sites is 2. The van der Waals surface area contributed by atoms with Gasteiger partial charge in [0, 0.05) is 0 Å². The summed E-state index contributed by atoms with van der Waals surface area (Å²) in [6.45, 7) is 0. The highest BCUT2D eigenvalue weighted by Crippen LogP contribution is 2.40. The van der Waals surface area contributed by atoms with Crippen LogP contribution in [0.25, 0.3) is 0 Å². The van der Waals surface area contributed by atoms with Crippen LogP contribution >= 0.6 is 0 Å². The zero-order valence-electron chi connectivity index (χ0n) is 11.5. The van der Waals surface area contributed by atoms with Crippen LogP contribution in [0.3, 0.4) is 0 Å². The number of hydrogen-bond donors (Lipinski definition) is 1. The molecule has 1 aliphatic carbocycles. The van der Waals surface area contributed by atoms with Crippen molar-refractivity contribution in [2.45, 2.75) is 37.3 Å². The predicted octanol–water partition coefficient (Wildman–Crippen LogP) is 4.20. The van der Waals surface area contributed by atoms with Gasteiger partial charge in [0.1, 0.15) is 11.9 Å². The first-order chi connectivity index (χ1) is 9.90. The molecular formula is C18H19NO. The molecule has 3 unspecified atom stereocenters. The lowest BCUT2D eigenvalue weighted by atomic mass is 9.79. The van der Waals surface area contributed by atoms with Crippen molar-refractivity contribution < 1.29 is 4.74 Å². The van der Waals surface area contributed by atoms with E-state index in [4.69, 9.17) is 4.74 Å². The van der Waals surface area contributed by atoms with Crippen molar-refractivity contribution in [3.8, 4) is 5.75 Å². The second kappa shape index (κ2) is 4.86. The van der Waals surface area contributed by atoms with Crippen molar-refractivity contribution in [1.82, 2.24) is 0 Å². The molecule has 102 valence electrons. The number of hydrogen-bond acceptors (Lipinski definition) is 2. The minimum atomic E-state index is 0.324. The average molecular weight is 265 g/mol. The van der Waals surface area contributed by atoms with Gasteiger partial charge in [0.05, 0.1) is 11.7 Å². The fourth-order valence-electron chi connectivity index (χ4n) is 3.52. The minimum Gasteiger partial charge on any atom is -0.486 e. The van der Waals surface area contributed by atoms with Crippen molar-refractivity contribution in [3.63, 3.8) is 0 Å². The summed E-state index contributed by atoms with van der Waals surface area (Å²) in [6.07, 6.45) is 3.83. The Morgan fingerprint density at radius 3 is 2.60 bits per heavy atom. The van der Waals surface area contributed by atoms with E-state index in [-0.39, 0.29) is 0 Å². The minimum absolute atomic E-state index is 0.324. The zero-order valence-corrected chi connectivity index (χ0v) is 11.5. The maximum atomic E-state index is 6.16. The molecule has 0 saturated heterocycles. The molecule has 2 aromatic carbocycles. The van der Waals surface area contributed by atoms with Crippen molar-refractivity contribution in [2.24, 2.45) is 0 Å². The van der Waals surface area contributed by atoms with Crippen LogP contribution in [0.15, 0.2) is 54.6 Å². The summed E-state index contributed by atoms with van der Waals surface area (Å²) in [7, 11) is 0. The van der Waals surface area contributed by atoms with Gasteiger partial charge >= 0.3 is 0 Å². The maximum absolute atomic E-state index is 6.16. The predicted molar refractivity (Wildman–Crippen MR) is 81.3 cm³/mol. The molecule has 3 atom stereocenters. The van der Waals surface area contributed by atoms with E-state index in [1.807, 2.05) is 6.07 Å². The Kier molecular flexibility index (Phi) is 2.87. The standard InChI is InChI=1S/C18H19NO/c1-2-6-13(7-3-1)14-10-11-18-16(12-14)19-15-8-4-5-9-17(15)20-18/h1-9,14,16,18-19H,10-12H2. The molecule has 1 aliphatic heterocycles. The first-order valence-corrected chi connectivity index (χ1v) is 7.47. The number of benzene rings is 2. The molecule has 4 rings (SSSR count). The topological polar surface area (TPSA) is 21.3 Å². The number of fused-ring (bicyclic) bond motifs is 2. The van der Waals surface area contributed by atoms with Gasteiger partial charge in [-0.25, -0.2) is 0 Å². The van der Waals surface area contributed by atoms with E-state index in [9.17, 15) is 0 Å². The lowest BCUT2D eigenvalue weighted by Crippen LogP contribution is -2.45. The summed E-state index contributed by atoms with van der Waals surface area (Å²) in [6, 6.07) is 19.6. The van der Waals surface area contributed by atoms with Gasteiger partial charge in [-0.2, -0.15) is 0 Å². The molecule has 20 heavy (non-hydrogen) atoms. The SMILES string of the molecule is c1ccc(C2CCC3Oc4ccccc4NC3C2)cc1. The Hall–Kier alpha value is -1.96. The Morgan fingerprint density at radius 2 is 1.70 bits per heavy atom. The van der Waals surface area contributed by atoms with Gasteiger partial charge < -0.3 is 10.1 Å². The van der Waals surface area contributed by atoms with Crippen LogP contribution in [0.5, 0.6) is 5.75 Å². The Labute approximate surface area is 119 Å². The summed E-state index contributed by atoms with van der Waals surface area (Å²) in [4.78, 5) is 0. The normalized spacial score (nSPS) is 27.7. The molecule has 1 fully saturated rings. The van der Waals surface area contributed by atoms with E-state index < -0.39 is 0 Å². The second-order valence-corrected chi connectivity index (χ2v) is 5.82. The highest BCUT2D eigenvalue weighted by molar-refractivity contribution is 5.58. The first-order valence-electron chi connectivity index (χ1n) is 7.47. The largest absolute Gasteiger partial charge is 0.486 e. The second-order valence-electron chi connectivity index (χ2n) is 5.82. The molecular weight excluding hydrogens is 246 g/mol. The van der Waals surface area contributed by atoms with Crippen LogP contribution in [0.1, 0.15) is 30.7 Å². The van der Waals surface area contributed by atoms with Crippen LogP contribution in [0.4, 0.5) is 5.69 Å². The van der Waals surface area contributed by atoms with E-state index >= 15 is 0 Å². The van der Waals surface area contributed by atoms with Gasteiger partial charge in [0.25, 0.3) is 0 Å². The molecule has 0 radical (unpaired) electrons. The zero-order chi connectivity index (χ0) is 13.4. The first kappa shape index (κ1) is 11.8. The molecule has 0 aromatic heterocycles. The van der Waals surface area contributed by atoms with E-state index in [2.05, 4.69) is 53.8 Å². The monoisotopic (exact) mass is 265 g/mol. The van der Waals surface area contributed by atoms with Crippen molar-refractivity contribution in [3.05, 3.63) is 60.2 Å². The summed E-state index contributed by atoms with van der Waals surface area (Å²) in [5.74, 6) is 1.66. The third-order valence-electron chi connectivity index (χ3n) is 4.56. The van der Waals surface area contributed by atoms with E-state index in [1.54, 1.807) is 0 Å². The molecule has 0 bridgehead atoms. The van der Waals surface area contributed by atoms with Gasteiger partial charge in [-0.15, -0.1) is 0 Å². The number of rotatable bonds is 1. The van der Waals surface area contributed by atoms with Gasteiger partial charge in [0.15, 0.2) is 0 Å². The van der Waals surface area contributed by atoms with Crippen LogP contribution in [-0.2, 0) is 0 Å². The Balaban J connectivity index is 1.56. The number of ether oxygens (including phenoxy) is 1. The quantitative estimate of drug-likeness (QED) is 0.834. The Bertz CT molecular complexity index is 595. The van der Waals surface area contributed by atoms with E-state index in [0.717, 1.165) is 24.3 Å². The van der Waals surface area contributed by atoms with Crippen LogP contribution in [-0.4, -0.2) is 12.1 Å². The van der Waals surface area contributed by atoms with Crippen molar-refractivity contribution in [2.75, 3.05) is 5.32 Å². The number of nitrogens with one attached hydrogen (secondary N) is 1. The smallest absolute Gasteiger partial charge is 0.142 e. The highest BCUT2D eigenvalue weighted by atomic mass is 16.5. The molecule has 2 aliphatic rings. The average Bonchev–Trinajstić information content (AvgIpc) is 2.53. The lowest BCUT2D eigenvalue weighted by Gasteiger charge is -2.41. The highest BCUT2D eigenvalue weighted by Gasteiger charge is 2.35. The van der Waals surface area contributed by atoms with Gasteiger partial charge in [0.2, 0.25) is 0 Å². The molecule has 1 saturated carbocycles. The van der Waals surface area contributed by atoms with Gasteiger partial charge in [-0.1, -0.05) is 42.5 Å². The Morgan fingerprint density at radius 1 is 0.900 bits per heavy atom. The van der Waals surface area contributed by atoms with Crippen LogP contribution < -0.4 is 10.1 Å². The summed E-state index contributed by atoms with van der Waals surface area (Å²) < 4.78 is 6.16. The fraction of sp³-hybridized carbons (Fsp3) is 0.333. The van der Waals surface area contributed by atoms with Crippen molar-refractivity contribution >= 4 is 5.69 Å². The molecule has 1 N–H and O–H groups in total. The van der Waals surface area contributed by atoms with E-state index in [0.29, 0.717) is 18.1 Å². The summed E-state index contributed by atoms with van der Waals surface area (Å²) in [5.41, 5.74) is 2.61. The third kappa shape index (κ3) is 2.05. The van der Waals surface area contributed by atoms with E-state index in [1.165, 1.54) is 12.0 Å². The summed E-state index contributed by atoms with van der Waals surface area (Å²) in [5, 5.41) is 3.67. The lowest BCUT2D eigenvalue weighted by molar-refractivity contribution is 0.123. The third-order valence-corrected chi connectivity index (χ3v) is 4.56. The molecule has 0 amide bonds.